The van der Waals surface area contributed by atoms with Gasteiger partial charge in [-0.3, -0.25) is 0 Å². The molecule has 0 unspecified atom stereocenters. The highest BCUT2D eigenvalue weighted by Crippen LogP contribution is 2.33. The monoisotopic (exact) mass is 255 g/mol. The molecule has 1 aromatic heterocycles. The molecule has 16 heavy (non-hydrogen) atoms. The van der Waals surface area contributed by atoms with Crippen LogP contribution in [0.25, 0.3) is 10.9 Å². The summed E-state index contributed by atoms with van der Waals surface area (Å²) in [6, 6.07) is 3.84. The average Bonchev–Trinajstić information content (AvgIpc) is 2.81. The van der Waals surface area contributed by atoms with E-state index in [9.17, 15) is 8.42 Å². The van der Waals surface area contributed by atoms with Crippen LogP contribution in [-0.4, -0.2) is 13.4 Å². The van der Waals surface area contributed by atoms with E-state index in [2.05, 4.69) is 4.98 Å². The summed E-state index contributed by atoms with van der Waals surface area (Å²) in [7, 11) is 1.72. The zero-order valence-electron chi connectivity index (χ0n) is 8.46. The van der Waals surface area contributed by atoms with Crippen LogP contribution in [0.3, 0.4) is 0 Å². The van der Waals surface area contributed by atoms with E-state index in [4.69, 9.17) is 10.7 Å². The molecule has 0 saturated heterocycles. The highest BCUT2D eigenvalue weighted by atomic mass is 35.7. The van der Waals surface area contributed by atoms with E-state index in [1.807, 2.05) is 12.1 Å². The van der Waals surface area contributed by atoms with Crippen molar-refractivity contribution in [1.82, 2.24) is 4.98 Å². The number of aromatic nitrogens is 1. The van der Waals surface area contributed by atoms with Crippen molar-refractivity contribution in [3.05, 3.63) is 29.5 Å². The summed E-state index contributed by atoms with van der Waals surface area (Å²) in [5, 5.41) is 0.704. The van der Waals surface area contributed by atoms with Gasteiger partial charge < -0.3 is 4.98 Å². The van der Waals surface area contributed by atoms with Gasteiger partial charge in [-0.1, -0.05) is 12.1 Å². The number of benzene rings is 1. The topological polar surface area (TPSA) is 49.9 Å². The number of aryl methyl sites for hydroxylation is 2. The minimum Gasteiger partial charge on any atom is -0.360 e. The predicted octanol–water partition coefficient (Wildman–Crippen LogP) is 2.58. The van der Waals surface area contributed by atoms with Crippen LogP contribution in [0.15, 0.2) is 23.2 Å². The van der Waals surface area contributed by atoms with Gasteiger partial charge in [0.2, 0.25) is 0 Å². The van der Waals surface area contributed by atoms with Crippen LogP contribution in [0.1, 0.15) is 17.5 Å². The minimum atomic E-state index is -3.66. The van der Waals surface area contributed by atoms with Gasteiger partial charge in [-0.05, 0) is 30.4 Å². The molecule has 0 aliphatic heterocycles. The lowest BCUT2D eigenvalue weighted by Crippen LogP contribution is -1.89. The third-order valence-electron chi connectivity index (χ3n) is 3.16. The normalized spacial score (nSPS) is 15.6. The molecule has 1 heterocycles. The van der Waals surface area contributed by atoms with Crippen LogP contribution < -0.4 is 0 Å². The Morgan fingerprint density at radius 2 is 2.06 bits per heavy atom. The van der Waals surface area contributed by atoms with Gasteiger partial charge in [0.1, 0.15) is 4.90 Å². The minimum absolute atomic E-state index is 0.180. The molecule has 1 aliphatic carbocycles. The molecule has 0 spiro atoms. The molecule has 0 amide bonds. The summed E-state index contributed by atoms with van der Waals surface area (Å²) >= 11 is 0. The fraction of sp³-hybridized carbons (Fsp3) is 0.273. The third-order valence-corrected chi connectivity index (χ3v) is 4.52. The molecule has 84 valence electrons. The van der Waals surface area contributed by atoms with Crippen molar-refractivity contribution < 1.29 is 8.42 Å². The van der Waals surface area contributed by atoms with Crippen molar-refractivity contribution in [3.63, 3.8) is 0 Å². The van der Waals surface area contributed by atoms with Gasteiger partial charge in [0.15, 0.2) is 0 Å². The van der Waals surface area contributed by atoms with Crippen LogP contribution >= 0.6 is 10.7 Å². The van der Waals surface area contributed by atoms with Crippen molar-refractivity contribution >= 4 is 30.6 Å². The first kappa shape index (κ1) is 10.2. The lowest BCUT2D eigenvalue weighted by atomic mass is 10.1. The highest BCUT2D eigenvalue weighted by Gasteiger charge is 2.20. The molecule has 0 atom stereocenters. The number of aromatic amines is 1. The lowest BCUT2D eigenvalue weighted by Gasteiger charge is -2.01. The number of hydrogen-bond acceptors (Lipinski definition) is 2. The van der Waals surface area contributed by atoms with E-state index < -0.39 is 9.05 Å². The van der Waals surface area contributed by atoms with Gasteiger partial charge >= 0.3 is 0 Å². The van der Waals surface area contributed by atoms with Crippen molar-refractivity contribution in [1.29, 1.82) is 0 Å². The van der Waals surface area contributed by atoms with Crippen LogP contribution in [-0.2, 0) is 21.9 Å². The maximum absolute atomic E-state index is 11.4. The van der Waals surface area contributed by atoms with Crippen molar-refractivity contribution in [2.24, 2.45) is 0 Å². The first-order valence-electron chi connectivity index (χ1n) is 5.14. The quantitative estimate of drug-likeness (QED) is 0.797. The van der Waals surface area contributed by atoms with Gasteiger partial charge in [0, 0.05) is 22.3 Å². The zero-order valence-corrected chi connectivity index (χ0v) is 10.0. The molecule has 1 aliphatic rings. The molecular formula is C11H10ClNO2S. The molecule has 0 radical (unpaired) electrons. The number of fused-ring (bicyclic) bond motifs is 3. The van der Waals surface area contributed by atoms with Crippen LogP contribution in [0.2, 0.25) is 0 Å². The van der Waals surface area contributed by atoms with Gasteiger partial charge in [0.05, 0.1) is 5.52 Å². The molecule has 3 rings (SSSR count). The maximum atomic E-state index is 11.4. The predicted molar refractivity (Wildman–Crippen MR) is 63.4 cm³/mol. The Morgan fingerprint density at radius 1 is 1.25 bits per heavy atom. The standard InChI is InChI=1S/C11H10ClNO2S/c12-16(14,15)10-6-13-11-8-3-1-2-7(8)4-5-9(10)11/h4-6,13H,1-3H2. The summed E-state index contributed by atoms with van der Waals surface area (Å²) in [5.74, 6) is 0. The van der Waals surface area contributed by atoms with Gasteiger partial charge in [-0.2, -0.15) is 0 Å². The van der Waals surface area contributed by atoms with E-state index in [0.29, 0.717) is 5.39 Å². The van der Waals surface area contributed by atoms with Gasteiger partial charge in [-0.25, -0.2) is 8.42 Å². The Balaban J connectivity index is 2.39. The summed E-state index contributed by atoms with van der Waals surface area (Å²) < 4.78 is 22.7. The first-order chi connectivity index (χ1) is 7.57. The van der Waals surface area contributed by atoms with Crippen molar-refractivity contribution in [2.75, 3.05) is 0 Å². The van der Waals surface area contributed by atoms with E-state index >= 15 is 0 Å². The molecule has 3 nitrogen and oxygen atoms in total. The summed E-state index contributed by atoms with van der Waals surface area (Å²) in [6.45, 7) is 0. The molecule has 0 bridgehead atoms. The van der Waals surface area contributed by atoms with E-state index in [1.165, 1.54) is 17.3 Å². The number of H-pyrrole nitrogens is 1. The van der Waals surface area contributed by atoms with E-state index in [1.54, 1.807) is 0 Å². The first-order valence-corrected chi connectivity index (χ1v) is 7.45. The molecule has 0 fully saturated rings. The summed E-state index contributed by atoms with van der Waals surface area (Å²) in [5.41, 5.74) is 3.48. The largest absolute Gasteiger partial charge is 0.360 e. The summed E-state index contributed by atoms with van der Waals surface area (Å²) in [4.78, 5) is 3.21. The molecule has 1 N–H and O–H groups in total. The van der Waals surface area contributed by atoms with Gasteiger partial charge in [0.25, 0.3) is 9.05 Å². The fourth-order valence-corrected chi connectivity index (χ4v) is 3.47. The maximum Gasteiger partial charge on any atom is 0.263 e. The van der Waals surface area contributed by atoms with Crippen molar-refractivity contribution in [3.8, 4) is 0 Å². The summed E-state index contributed by atoms with van der Waals surface area (Å²) in [6.07, 6.45) is 4.70. The molecule has 0 saturated carbocycles. The zero-order chi connectivity index (χ0) is 11.3. The van der Waals surface area contributed by atoms with E-state index in [0.717, 1.165) is 24.8 Å². The molecular weight excluding hydrogens is 246 g/mol. The second kappa shape index (κ2) is 3.25. The average molecular weight is 256 g/mol. The lowest BCUT2D eigenvalue weighted by molar-refractivity contribution is 0.610. The third kappa shape index (κ3) is 1.37. The van der Waals surface area contributed by atoms with Crippen LogP contribution in [0.5, 0.6) is 0 Å². The second-order valence-corrected chi connectivity index (χ2v) is 6.60. The fourth-order valence-electron chi connectivity index (χ4n) is 2.45. The van der Waals surface area contributed by atoms with Crippen LogP contribution in [0, 0.1) is 0 Å². The Morgan fingerprint density at radius 3 is 2.81 bits per heavy atom. The molecule has 5 heteroatoms. The number of halogens is 1. The molecule has 2 aromatic rings. The van der Waals surface area contributed by atoms with Gasteiger partial charge in [-0.15, -0.1) is 0 Å². The van der Waals surface area contributed by atoms with Crippen LogP contribution in [0.4, 0.5) is 0 Å². The SMILES string of the molecule is O=S(=O)(Cl)c1c[nH]c2c3c(ccc12)CCC3. The van der Waals surface area contributed by atoms with E-state index in [-0.39, 0.29) is 4.90 Å². The molecule has 1 aromatic carbocycles. The highest BCUT2D eigenvalue weighted by molar-refractivity contribution is 8.14. The Bertz CT molecular complexity index is 673. The number of rotatable bonds is 1. The Hall–Kier alpha value is -1.00. The number of nitrogens with one attached hydrogen (secondary N) is 1. The Labute approximate surface area is 97.8 Å². The second-order valence-electron chi connectivity index (χ2n) is 4.07. The smallest absolute Gasteiger partial charge is 0.263 e. The Kier molecular flexibility index (Phi) is 2.06. The van der Waals surface area contributed by atoms with Crippen molar-refractivity contribution in [2.45, 2.75) is 24.2 Å². The number of hydrogen-bond donors (Lipinski definition) is 1.